The minimum Gasteiger partial charge on any atom is -0.354 e. The van der Waals surface area contributed by atoms with Gasteiger partial charge < -0.3 is 9.88 Å². The van der Waals surface area contributed by atoms with Gasteiger partial charge in [0.25, 0.3) is 0 Å². The number of imidazole rings is 1. The van der Waals surface area contributed by atoms with E-state index in [0.717, 1.165) is 17.1 Å². The fourth-order valence-corrected chi connectivity index (χ4v) is 4.07. The number of hydrogen-bond acceptors (Lipinski definition) is 4. The number of nitrogens with one attached hydrogen (secondary N) is 1. The Bertz CT molecular complexity index is 824. The summed E-state index contributed by atoms with van der Waals surface area (Å²) in [5.74, 6) is -0.330. The van der Waals surface area contributed by atoms with E-state index in [1.807, 2.05) is 10.8 Å². The van der Waals surface area contributed by atoms with E-state index in [9.17, 15) is 13.2 Å². The van der Waals surface area contributed by atoms with Crippen molar-refractivity contribution in [1.29, 1.82) is 0 Å². The van der Waals surface area contributed by atoms with Gasteiger partial charge in [0.05, 0.1) is 18.3 Å². The van der Waals surface area contributed by atoms with Crippen molar-refractivity contribution in [3.63, 3.8) is 0 Å². The first-order valence-corrected chi connectivity index (χ1v) is 10.5. The number of aryl methyl sites for hydroxylation is 1. The minimum atomic E-state index is -3.66. The molecule has 0 saturated heterocycles. The maximum absolute atomic E-state index is 12.6. The smallest absolute Gasteiger partial charge is 0.243 e. The van der Waals surface area contributed by atoms with Crippen molar-refractivity contribution in [3.05, 3.63) is 48.0 Å². The number of nitrogens with zero attached hydrogens (tertiary/aromatic N) is 3. The Kier molecular flexibility index (Phi) is 7.05. The zero-order chi connectivity index (χ0) is 19.2. The third-order valence-corrected chi connectivity index (χ3v) is 5.26. The fourth-order valence-electron chi connectivity index (χ4n) is 2.68. The second-order valence-electron chi connectivity index (χ2n) is 5.91. The van der Waals surface area contributed by atoms with Crippen LogP contribution in [0.15, 0.2) is 43.0 Å². The van der Waals surface area contributed by atoms with Crippen LogP contribution in [0.5, 0.6) is 0 Å². The van der Waals surface area contributed by atoms with E-state index >= 15 is 0 Å². The highest BCUT2D eigenvalue weighted by molar-refractivity contribution is 7.92. The third-order valence-electron chi connectivity index (χ3n) is 3.84. The Morgan fingerprint density at radius 3 is 2.77 bits per heavy atom. The molecule has 1 heterocycles. The normalized spacial score (nSPS) is 12.6. The first-order chi connectivity index (χ1) is 12.3. The Morgan fingerprint density at radius 2 is 2.19 bits per heavy atom. The van der Waals surface area contributed by atoms with E-state index in [0.29, 0.717) is 30.1 Å². The number of carbonyl (C=O) groups excluding carboxylic acids is 1. The lowest BCUT2D eigenvalue weighted by Gasteiger charge is -2.30. The molecule has 0 spiro atoms. The monoisotopic (exact) mass is 398 g/mol. The van der Waals surface area contributed by atoms with Crippen LogP contribution in [0.4, 0.5) is 5.69 Å². The van der Waals surface area contributed by atoms with Crippen molar-refractivity contribution in [3.8, 4) is 0 Å². The summed E-state index contributed by atoms with van der Waals surface area (Å²) in [5, 5.41) is 3.23. The van der Waals surface area contributed by atoms with E-state index in [1.165, 1.54) is 6.07 Å². The van der Waals surface area contributed by atoms with Crippen molar-refractivity contribution in [1.82, 2.24) is 14.9 Å². The standard InChI is InChI=1S/C17H23ClN4O3S/c1-3-16(17(23)20-8-5-10-21-11-9-19-13-21)22(26(2,24)25)15-7-4-6-14(18)12-15/h4,6-7,9,11-13,16H,3,5,8,10H2,1-2H3,(H,20,23)/t16-/m1/s1. The van der Waals surface area contributed by atoms with Gasteiger partial charge in [0.2, 0.25) is 15.9 Å². The fraction of sp³-hybridized carbons (Fsp3) is 0.412. The Balaban J connectivity index is 2.07. The van der Waals surface area contributed by atoms with Crippen LogP contribution >= 0.6 is 11.6 Å². The minimum absolute atomic E-state index is 0.330. The molecule has 7 nitrogen and oxygen atoms in total. The van der Waals surface area contributed by atoms with Crippen LogP contribution in [0.2, 0.25) is 5.02 Å². The van der Waals surface area contributed by atoms with E-state index < -0.39 is 16.1 Å². The van der Waals surface area contributed by atoms with E-state index in [4.69, 9.17) is 11.6 Å². The van der Waals surface area contributed by atoms with Gasteiger partial charge in [0, 0.05) is 30.5 Å². The Hall–Kier alpha value is -2.06. The SMILES string of the molecule is CC[C@H](C(=O)NCCCn1ccnc1)N(c1cccc(Cl)c1)S(C)(=O)=O. The van der Waals surface area contributed by atoms with Gasteiger partial charge in [-0.2, -0.15) is 0 Å². The molecule has 0 bridgehead atoms. The molecule has 26 heavy (non-hydrogen) atoms. The molecule has 1 aromatic carbocycles. The van der Waals surface area contributed by atoms with Crippen LogP contribution < -0.4 is 9.62 Å². The summed E-state index contributed by atoms with van der Waals surface area (Å²) in [6, 6.07) is 5.64. The number of halogens is 1. The van der Waals surface area contributed by atoms with E-state index in [-0.39, 0.29) is 5.91 Å². The molecule has 0 saturated carbocycles. The number of anilines is 1. The first-order valence-electron chi connectivity index (χ1n) is 8.31. The zero-order valence-corrected chi connectivity index (χ0v) is 16.4. The summed E-state index contributed by atoms with van der Waals surface area (Å²) in [5.41, 5.74) is 0.375. The lowest BCUT2D eigenvalue weighted by atomic mass is 10.2. The molecule has 0 unspecified atom stereocenters. The van der Waals surface area contributed by atoms with Crippen molar-refractivity contribution in [2.45, 2.75) is 32.4 Å². The summed E-state index contributed by atoms with van der Waals surface area (Å²) >= 11 is 5.99. The first kappa shape index (κ1) is 20.3. The molecule has 142 valence electrons. The molecule has 1 aromatic heterocycles. The van der Waals surface area contributed by atoms with Crippen molar-refractivity contribution < 1.29 is 13.2 Å². The molecular weight excluding hydrogens is 376 g/mol. The van der Waals surface area contributed by atoms with Crippen LogP contribution in [0.25, 0.3) is 0 Å². The zero-order valence-electron chi connectivity index (χ0n) is 14.8. The molecule has 0 aliphatic rings. The number of benzene rings is 1. The summed E-state index contributed by atoms with van der Waals surface area (Å²) < 4.78 is 27.7. The molecule has 0 radical (unpaired) electrons. The summed E-state index contributed by atoms with van der Waals surface area (Å²) in [4.78, 5) is 16.6. The van der Waals surface area contributed by atoms with Gasteiger partial charge in [-0.25, -0.2) is 13.4 Å². The second-order valence-corrected chi connectivity index (χ2v) is 8.20. The van der Waals surface area contributed by atoms with Crippen molar-refractivity contribution >= 4 is 33.2 Å². The lowest BCUT2D eigenvalue weighted by Crippen LogP contribution is -2.49. The highest BCUT2D eigenvalue weighted by Crippen LogP contribution is 2.25. The molecular formula is C17H23ClN4O3S. The highest BCUT2D eigenvalue weighted by Gasteiger charge is 2.31. The van der Waals surface area contributed by atoms with Gasteiger partial charge in [-0.3, -0.25) is 9.10 Å². The molecule has 0 fully saturated rings. The molecule has 9 heteroatoms. The Labute approximate surface area is 159 Å². The molecule has 2 rings (SSSR count). The van der Waals surface area contributed by atoms with Crippen molar-refractivity contribution in [2.75, 3.05) is 17.1 Å². The Morgan fingerprint density at radius 1 is 1.42 bits per heavy atom. The number of aromatic nitrogens is 2. The molecule has 2 aromatic rings. The molecule has 1 amide bonds. The van der Waals surface area contributed by atoms with Gasteiger partial charge in [-0.15, -0.1) is 0 Å². The lowest BCUT2D eigenvalue weighted by molar-refractivity contribution is -0.122. The third kappa shape index (κ3) is 5.47. The van der Waals surface area contributed by atoms with Gasteiger partial charge in [-0.05, 0) is 31.0 Å². The molecule has 1 N–H and O–H groups in total. The predicted octanol–water partition coefficient (Wildman–Crippen LogP) is 2.29. The molecule has 1 atom stereocenters. The number of rotatable bonds is 9. The summed E-state index contributed by atoms with van der Waals surface area (Å²) in [7, 11) is -3.66. The molecule has 0 aliphatic heterocycles. The number of carbonyl (C=O) groups is 1. The maximum atomic E-state index is 12.6. The van der Waals surface area contributed by atoms with Crippen LogP contribution in [-0.4, -0.2) is 42.7 Å². The van der Waals surface area contributed by atoms with Gasteiger partial charge in [0.1, 0.15) is 6.04 Å². The van der Waals surface area contributed by atoms with E-state index in [1.54, 1.807) is 37.6 Å². The number of amides is 1. The quantitative estimate of drug-likeness (QED) is 0.657. The predicted molar refractivity (Wildman–Crippen MR) is 103 cm³/mol. The van der Waals surface area contributed by atoms with Gasteiger partial charge in [-0.1, -0.05) is 24.6 Å². The van der Waals surface area contributed by atoms with E-state index in [2.05, 4.69) is 10.3 Å². The van der Waals surface area contributed by atoms with Gasteiger partial charge in [0.15, 0.2) is 0 Å². The summed E-state index contributed by atoms with van der Waals surface area (Å²) in [6.45, 7) is 2.94. The van der Waals surface area contributed by atoms with Crippen LogP contribution in [-0.2, 0) is 21.4 Å². The van der Waals surface area contributed by atoms with Crippen molar-refractivity contribution in [2.24, 2.45) is 0 Å². The highest BCUT2D eigenvalue weighted by atomic mass is 35.5. The largest absolute Gasteiger partial charge is 0.354 e. The van der Waals surface area contributed by atoms with Gasteiger partial charge >= 0.3 is 0 Å². The number of sulfonamides is 1. The topological polar surface area (TPSA) is 84.3 Å². The maximum Gasteiger partial charge on any atom is 0.243 e. The number of hydrogen-bond donors (Lipinski definition) is 1. The van der Waals surface area contributed by atoms with Crippen LogP contribution in [0.1, 0.15) is 19.8 Å². The average Bonchev–Trinajstić information content (AvgIpc) is 3.08. The van der Waals surface area contributed by atoms with Crippen LogP contribution in [0.3, 0.4) is 0 Å². The second kappa shape index (κ2) is 9.05. The summed E-state index contributed by atoms with van der Waals surface area (Å²) in [6.07, 6.45) is 7.40. The average molecular weight is 399 g/mol. The molecule has 0 aliphatic carbocycles. The van der Waals surface area contributed by atoms with Crippen LogP contribution in [0, 0.1) is 0 Å².